The first-order valence-electron chi connectivity index (χ1n) is 5.63. The summed E-state index contributed by atoms with van der Waals surface area (Å²) in [6, 6.07) is 0. The highest BCUT2D eigenvalue weighted by Crippen LogP contribution is 2.24. The van der Waals surface area contributed by atoms with Gasteiger partial charge in [0.1, 0.15) is 0 Å². The predicted molar refractivity (Wildman–Crippen MR) is 62.6 cm³/mol. The lowest BCUT2D eigenvalue weighted by molar-refractivity contribution is -0.127. The quantitative estimate of drug-likeness (QED) is 0.693. The zero-order valence-electron chi connectivity index (χ0n) is 10.0. The van der Waals surface area contributed by atoms with Crippen molar-refractivity contribution < 1.29 is 4.79 Å². The molecule has 1 fully saturated rings. The third-order valence-corrected chi connectivity index (χ3v) is 3.03. The van der Waals surface area contributed by atoms with Gasteiger partial charge in [-0.05, 0) is 24.5 Å². The molecular formula is C12H22N2O. The average Bonchev–Trinajstić information content (AvgIpc) is 2.48. The number of nitrogens with one attached hydrogen (secondary N) is 1. The molecule has 1 atom stereocenters. The first-order chi connectivity index (χ1) is 7.04. The van der Waals surface area contributed by atoms with Crippen molar-refractivity contribution in [2.24, 2.45) is 11.8 Å². The van der Waals surface area contributed by atoms with Gasteiger partial charge in [-0.1, -0.05) is 20.4 Å². The molecule has 0 saturated carbocycles. The van der Waals surface area contributed by atoms with Crippen LogP contribution >= 0.6 is 0 Å². The van der Waals surface area contributed by atoms with E-state index in [1.54, 1.807) is 0 Å². The van der Waals surface area contributed by atoms with Gasteiger partial charge in [-0.15, -0.1) is 0 Å². The monoisotopic (exact) mass is 210 g/mol. The number of nitrogens with zero attached hydrogens (tertiary/aromatic N) is 1. The molecule has 1 N–H and O–H groups in total. The van der Waals surface area contributed by atoms with Gasteiger partial charge in [0.05, 0.1) is 0 Å². The molecule has 0 aromatic carbocycles. The highest BCUT2D eigenvalue weighted by atomic mass is 16.2. The summed E-state index contributed by atoms with van der Waals surface area (Å²) in [5.74, 6) is 1.40. The van der Waals surface area contributed by atoms with Crippen LogP contribution < -0.4 is 5.32 Å². The molecule has 0 radical (unpaired) electrons. The minimum Gasteiger partial charge on any atom is -0.338 e. The van der Waals surface area contributed by atoms with E-state index < -0.39 is 0 Å². The van der Waals surface area contributed by atoms with Crippen LogP contribution in [0.1, 0.15) is 20.3 Å². The Bertz CT molecular complexity index is 248. The number of hydrogen-bond donors (Lipinski definition) is 1. The summed E-state index contributed by atoms with van der Waals surface area (Å²) in [5.41, 5.74) is 1.08. The van der Waals surface area contributed by atoms with Gasteiger partial charge in [-0.2, -0.15) is 0 Å². The molecule has 1 heterocycles. The van der Waals surface area contributed by atoms with E-state index in [9.17, 15) is 4.79 Å². The maximum absolute atomic E-state index is 11.7. The van der Waals surface area contributed by atoms with Crippen LogP contribution in [-0.4, -0.2) is 37.5 Å². The second kappa shape index (κ2) is 5.31. The Balaban J connectivity index is 2.44. The lowest BCUT2D eigenvalue weighted by Crippen LogP contribution is -2.30. The number of likely N-dealkylation sites (N-methyl/N-ethyl adjacent to an activating group) is 1. The molecule has 1 rings (SSSR count). The summed E-state index contributed by atoms with van der Waals surface area (Å²) < 4.78 is 0. The molecule has 0 aromatic heterocycles. The topological polar surface area (TPSA) is 32.3 Å². The molecule has 3 heteroatoms. The molecule has 0 spiro atoms. The molecule has 1 aliphatic heterocycles. The van der Waals surface area contributed by atoms with Crippen molar-refractivity contribution in [1.82, 2.24) is 10.2 Å². The van der Waals surface area contributed by atoms with Crippen molar-refractivity contribution in [3.8, 4) is 0 Å². The van der Waals surface area contributed by atoms with Crippen LogP contribution in [0.5, 0.6) is 0 Å². The molecule has 0 aromatic rings. The average molecular weight is 210 g/mol. The summed E-state index contributed by atoms with van der Waals surface area (Å²) in [7, 11) is 1.90. The summed E-state index contributed by atoms with van der Waals surface area (Å²) in [6.07, 6.45) is 0.713. The minimum absolute atomic E-state index is 0.283. The second-order valence-corrected chi connectivity index (χ2v) is 4.76. The minimum atomic E-state index is 0.283. The van der Waals surface area contributed by atoms with E-state index in [-0.39, 0.29) is 5.91 Å². The van der Waals surface area contributed by atoms with Crippen LogP contribution in [0.3, 0.4) is 0 Å². The van der Waals surface area contributed by atoms with Gasteiger partial charge in [0.15, 0.2) is 0 Å². The Labute approximate surface area is 92.5 Å². The maximum Gasteiger partial charge on any atom is 0.223 e. The van der Waals surface area contributed by atoms with Crippen LogP contribution in [-0.2, 0) is 4.79 Å². The standard InChI is InChI=1S/C12H22N2O/c1-9(2)11-5-12(15)14(8-11)7-10(3)6-13-4/h9,11,13H,3,5-8H2,1-2,4H3. The molecular weight excluding hydrogens is 188 g/mol. The Morgan fingerprint density at radius 1 is 1.67 bits per heavy atom. The normalized spacial score (nSPS) is 21.5. The number of rotatable bonds is 5. The van der Waals surface area contributed by atoms with Crippen LogP contribution in [0.15, 0.2) is 12.2 Å². The fourth-order valence-electron chi connectivity index (χ4n) is 1.98. The molecule has 3 nitrogen and oxygen atoms in total. The van der Waals surface area contributed by atoms with Crippen LogP contribution in [0.2, 0.25) is 0 Å². The van der Waals surface area contributed by atoms with Gasteiger partial charge in [0.2, 0.25) is 5.91 Å². The maximum atomic E-state index is 11.7. The van der Waals surface area contributed by atoms with Gasteiger partial charge in [0.25, 0.3) is 0 Å². The van der Waals surface area contributed by atoms with Crippen molar-refractivity contribution in [3.05, 3.63) is 12.2 Å². The Hall–Kier alpha value is -0.830. The predicted octanol–water partition coefficient (Wildman–Crippen LogP) is 1.27. The van der Waals surface area contributed by atoms with Crippen LogP contribution in [0, 0.1) is 11.8 Å². The molecule has 1 saturated heterocycles. The van der Waals surface area contributed by atoms with Crippen molar-refractivity contribution in [2.75, 3.05) is 26.7 Å². The highest BCUT2D eigenvalue weighted by molar-refractivity contribution is 5.78. The van der Waals surface area contributed by atoms with E-state index in [2.05, 4.69) is 25.7 Å². The van der Waals surface area contributed by atoms with E-state index in [1.165, 1.54) is 0 Å². The SMILES string of the molecule is C=C(CNC)CN1CC(C(C)C)CC1=O. The van der Waals surface area contributed by atoms with Crippen molar-refractivity contribution in [3.63, 3.8) is 0 Å². The molecule has 0 aliphatic carbocycles. The first kappa shape index (κ1) is 12.2. The number of likely N-dealkylation sites (tertiary alicyclic amines) is 1. The Kier molecular flexibility index (Phi) is 4.33. The molecule has 0 bridgehead atoms. The zero-order chi connectivity index (χ0) is 11.4. The van der Waals surface area contributed by atoms with Crippen molar-refractivity contribution >= 4 is 5.91 Å². The molecule has 15 heavy (non-hydrogen) atoms. The smallest absolute Gasteiger partial charge is 0.223 e. The van der Waals surface area contributed by atoms with E-state index in [0.29, 0.717) is 24.8 Å². The van der Waals surface area contributed by atoms with E-state index in [4.69, 9.17) is 0 Å². The molecule has 86 valence electrons. The summed E-state index contributed by atoms with van der Waals surface area (Å²) >= 11 is 0. The van der Waals surface area contributed by atoms with Crippen molar-refractivity contribution in [1.29, 1.82) is 0 Å². The number of carbonyl (C=O) groups is 1. The fraction of sp³-hybridized carbons (Fsp3) is 0.750. The third-order valence-electron chi connectivity index (χ3n) is 3.03. The number of carbonyl (C=O) groups excluding carboxylic acids is 1. The van der Waals surface area contributed by atoms with E-state index in [0.717, 1.165) is 18.7 Å². The van der Waals surface area contributed by atoms with Gasteiger partial charge < -0.3 is 10.2 Å². The van der Waals surface area contributed by atoms with Gasteiger partial charge >= 0.3 is 0 Å². The molecule has 1 unspecified atom stereocenters. The number of amides is 1. The van der Waals surface area contributed by atoms with Gasteiger partial charge in [0, 0.05) is 26.1 Å². The van der Waals surface area contributed by atoms with Gasteiger partial charge in [-0.3, -0.25) is 4.79 Å². The van der Waals surface area contributed by atoms with Crippen LogP contribution in [0.4, 0.5) is 0 Å². The Morgan fingerprint density at radius 3 is 2.80 bits per heavy atom. The highest BCUT2D eigenvalue weighted by Gasteiger charge is 2.31. The molecule has 1 aliphatic rings. The van der Waals surface area contributed by atoms with Gasteiger partial charge in [-0.25, -0.2) is 0 Å². The zero-order valence-corrected chi connectivity index (χ0v) is 10.0. The fourth-order valence-corrected chi connectivity index (χ4v) is 1.98. The van der Waals surface area contributed by atoms with E-state index in [1.807, 2.05) is 11.9 Å². The Morgan fingerprint density at radius 2 is 2.33 bits per heavy atom. The summed E-state index contributed by atoms with van der Waals surface area (Å²) in [4.78, 5) is 13.6. The largest absolute Gasteiger partial charge is 0.338 e. The lowest BCUT2D eigenvalue weighted by atomic mass is 9.95. The van der Waals surface area contributed by atoms with Crippen LogP contribution in [0.25, 0.3) is 0 Å². The summed E-state index contributed by atoms with van der Waals surface area (Å²) in [5, 5.41) is 3.05. The van der Waals surface area contributed by atoms with Crippen molar-refractivity contribution in [2.45, 2.75) is 20.3 Å². The number of hydrogen-bond acceptors (Lipinski definition) is 2. The summed E-state index contributed by atoms with van der Waals surface area (Å²) in [6.45, 7) is 10.7. The first-order valence-corrected chi connectivity index (χ1v) is 5.63. The van der Waals surface area contributed by atoms with E-state index >= 15 is 0 Å². The molecule has 1 amide bonds. The lowest BCUT2D eigenvalue weighted by Gasteiger charge is -2.19. The third kappa shape index (κ3) is 3.34. The second-order valence-electron chi connectivity index (χ2n) is 4.76.